The molecule has 0 bridgehead atoms. The van der Waals surface area contributed by atoms with Gasteiger partial charge in [0.05, 0.1) is 16.2 Å². The van der Waals surface area contributed by atoms with E-state index in [4.69, 9.17) is 0 Å². The first kappa shape index (κ1) is 21.8. The molecular weight excluding hydrogens is 456 g/mol. The van der Waals surface area contributed by atoms with E-state index in [1.165, 1.54) is 16.8 Å². The van der Waals surface area contributed by atoms with Crippen LogP contribution in [-0.4, -0.2) is 20.5 Å². The van der Waals surface area contributed by atoms with Gasteiger partial charge in [-0.05, 0) is 35.6 Å². The van der Waals surface area contributed by atoms with E-state index < -0.39 is 10.8 Å². The number of aromatic amines is 1. The molecule has 3 aromatic carbocycles. The molecule has 2 atom stereocenters. The number of hydrogen-bond acceptors (Lipinski definition) is 5. The van der Waals surface area contributed by atoms with Crippen molar-refractivity contribution in [2.75, 3.05) is 5.32 Å². The first-order valence-corrected chi connectivity index (χ1v) is 11.7. The van der Waals surface area contributed by atoms with E-state index in [-0.39, 0.29) is 22.9 Å². The molecule has 0 saturated heterocycles. The van der Waals surface area contributed by atoms with Gasteiger partial charge in [-0.3, -0.25) is 24.8 Å². The Bertz CT molecular complexity index is 1580. The summed E-state index contributed by atoms with van der Waals surface area (Å²) >= 11 is 0. The summed E-state index contributed by atoms with van der Waals surface area (Å²) in [7, 11) is 0. The summed E-state index contributed by atoms with van der Waals surface area (Å²) in [5.41, 5.74) is 3.52. The third-order valence-corrected chi connectivity index (χ3v) is 6.99. The Morgan fingerprint density at radius 2 is 1.56 bits per heavy atom. The molecule has 36 heavy (non-hydrogen) atoms. The van der Waals surface area contributed by atoms with E-state index in [9.17, 15) is 19.7 Å². The number of fused-ring (bicyclic) bond motifs is 1. The Morgan fingerprint density at radius 1 is 0.861 bits per heavy atom. The quantitative estimate of drug-likeness (QED) is 0.316. The van der Waals surface area contributed by atoms with Crippen LogP contribution in [-0.2, 0) is 4.79 Å². The van der Waals surface area contributed by atoms with Crippen LogP contribution in [0.5, 0.6) is 0 Å². The molecule has 2 aliphatic rings. The second-order valence-electron chi connectivity index (χ2n) is 9.12. The third kappa shape index (κ3) is 3.54. The summed E-state index contributed by atoms with van der Waals surface area (Å²) in [6.45, 7) is 0. The molecule has 4 aromatic rings. The number of carbonyl (C=O) groups is 1. The second-order valence-corrected chi connectivity index (χ2v) is 9.12. The van der Waals surface area contributed by atoms with Crippen molar-refractivity contribution < 1.29 is 9.72 Å². The molecule has 2 heterocycles. The van der Waals surface area contributed by atoms with Crippen LogP contribution < -0.4 is 10.9 Å². The smallest absolute Gasteiger partial charge is 0.277 e. The Morgan fingerprint density at radius 3 is 2.28 bits per heavy atom. The number of benzene rings is 3. The fourth-order valence-electron chi connectivity index (χ4n) is 5.36. The molecule has 178 valence electrons. The predicted octanol–water partition coefficient (Wildman–Crippen LogP) is 5.03. The molecule has 1 aliphatic carbocycles. The summed E-state index contributed by atoms with van der Waals surface area (Å²) in [6, 6.07) is 25.3. The molecular formula is C28H22N4O4. The van der Waals surface area contributed by atoms with Crippen LogP contribution in [0.25, 0.3) is 5.69 Å². The summed E-state index contributed by atoms with van der Waals surface area (Å²) in [4.78, 5) is 38.4. The number of carbonyl (C=O) groups excluding carboxylic acids is 1. The molecule has 8 nitrogen and oxygen atoms in total. The van der Waals surface area contributed by atoms with Crippen LogP contribution in [0.4, 0.5) is 11.5 Å². The molecule has 0 unspecified atom stereocenters. The number of ketones is 1. The predicted molar refractivity (Wildman–Crippen MR) is 135 cm³/mol. The summed E-state index contributed by atoms with van der Waals surface area (Å²) in [5, 5.41) is 18.0. The zero-order chi connectivity index (χ0) is 24.8. The molecule has 1 aliphatic heterocycles. The minimum absolute atomic E-state index is 0.000176. The van der Waals surface area contributed by atoms with Gasteiger partial charge in [0.1, 0.15) is 5.82 Å². The highest BCUT2D eigenvalue weighted by atomic mass is 16.6. The maximum Gasteiger partial charge on any atom is 0.277 e. The number of nitro benzene ring substituents is 1. The summed E-state index contributed by atoms with van der Waals surface area (Å²) in [5.74, 6) is -0.276. The molecule has 0 fully saturated rings. The summed E-state index contributed by atoms with van der Waals surface area (Å²) in [6.07, 6.45) is 0.900. The SMILES string of the molecule is O=C1C[C@H](c2ccccc2)CC2=C1[C@@H](c1cccc([N+](=O)[O-])c1)c1c([nH]n(-c3ccccc3)c1=O)N2. The number of anilines is 1. The van der Waals surface area contributed by atoms with Crippen LogP contribution in [0, 0.1) is 10.1 Å². The number of hydrogen-bond donors (Lipinski definition) is 2. The molecule has 6 rings (SSSR count). The van der Waals surface area contributed by atoms with Crippen molar-refractivity contribution in [3.05, 3.63) is 133 Å². The lowest BCUT2D eigenvalue weighted by molar-refractivity contribution is -0.384. The number of para-hydroxylation sites is 1. The van der Waals surface area contributed by atoms with Gasteiger partial charge in [0.2, 0.25) is 0 Å². The molecule has 0 spiro atoms. The van der Waals surface area contributed by atoms with Gasteiger partial charge in [-0.1, -0.05) is 60.7 Å². The maximum atomic E-state index is 13.7. The van der Waals surface area contributed by atoms with E-state index >= 15 is 0 Å². The minimum Gasteiger partial charge on any atom is -0.343 e. The first-order chi connectivity index (χ1) is 17.5. The van der Waals surface area contributed by atoms with Crippen molar-refractivity contribution in [1.29, 1.82) is 0 Å². The van der Waals surface area contributed by atoms with E-state index in [1.807, 2.05) is 60.7 Å². The number of allylic oxidation sites excluding steroid dienone is 2. The van der Waals surface area contributed by atoms with Crippen molar-refractivity contribution in [2.24, 2.45) is 0 Å². The normalized spacial score (nSPS) is 18.8. The highest BCUT2D eigenvalue weighted by Crippen LogP contribution is 2.47. The highest BCUT2D eigenvalue weighted by Gasteiger charge is 2.41. The summed E-state index contributed by atoms with van der Waals surface area (Å²) < 4.78 is 1.44. The Balaban J connectivity index is 1.54. The average molecular weight is 479 g/mol. The van der Waals surface area contributed by atoms with Gasteiger partial charge in [0, 0.05) is 35.7 Å². The lowest BCUT2D eigenvalue weighted by atomic mass is 9.73. The van der Waals surface area contributed by atoms with Crippen molar-refractivity contribution in [3.63, 3.8) is 0 Å². The zero-order valence-corrected chi connectivity index (χ0v) is 19.2. The molecule has 8 heteroatoms. The van der Waals surface area contributed by atoms with Crippen molar-refractivity contribution in [3.8, 4) is 5.69 Å². The van der Waals surface area contributed by atoms with E-state index in [2.05, 4.69) is 10.4 Å². The Labute approximate surface area is 206 Å². The van der Waals surface area contributed by atoms with Crippen LogP contribution in [0.3, 0.4) is 0 Å². The van der Waals surface area contributed by atoms with Gasteiger partial charge < -0.3 is 5.32 Å². The molecule has 0 saturated carbocycles. The number of aromatic nitrogens is 2. The van der Waals surface area contributed by atoms with E-state index in [0.717, 1.165) is 11.3 Å². The molecule has 0 amide bonds. The Hall–Kier alpha value is -4.72. The number of nitro groups is 1. The lowest BCUT2D eigenvalue weighted by Crippen LogP contribution is -2.32. The fraction of sp³-hybridized carbons (Fsp3) is 0.143. The Kier molecular flexibility index (Phi) is 5.14. The van der Waals surface area contributed by atoms with Gasteiger partial charge in [-0.25, -0.2) is 4.68 Å². The number of nitrogens with zero attached hydrogens (tertiary/aromatic N) is 2. The van der Waals surface area contributed by atoms with E-state index in [1.54, 1.807) is 12.1 Å². The monoisotopic (exact) mass is 478 g/mol. The number of rotatable bonds is 4. The van der Waals surface area contributed by atoms with Crippen LogP contribution >= 0.6 is 0 Å². The first-order valence-electron chi connectivity index (χ1n) is 11.7. The number of nitrogens with one attached hydrogen (secondary N) is 2. The van der Waals surface area contributed by atoms with Crippen molar-refractivity contribution in [1.82, 2.24) is 9.78 Å². The molecule has 1 aromatic heterocycles. The lowest BCUT2D eigenvalue weighted by Gasteiger charge is -2.34. The molecule has 2 N–H and O–H groups in total. The van der Waals surface area contributed by atoms with Gasteiger partial charge >= 0.3 is 0 Å². The minimum atomic E-state index is -0.714. The van der Waals surface area contributed by atoms with Crippen LogP contribution in [0.2, 0.25) is 0 Å². The largest absolute Gasteiger partial charge is 0.343 e. The standard InChI is InChI=1S/C28H22N4O4/c33-23-16-19(17-8-3-1-4-9-17)15-22-25(23)24(18-10-7-13-21(14-18)32(35)36)26-27(29-22)30-31(28(26)34)20-11-5-2-6-12-20/h1-14,19,24,29-30H,15-16H2/t19-,24-/m1/s1. The van der Waals surface area contributed by atoms with Gasteiger partial charge in [-0.2, -0.15) is 0 Å². The maximum absolute atomic E-state index is 13.7. The number of non-ortho nitro benzene ring substituents is 1. The number of Topliss-reactive ketones (excluding diaryl/α,β-unsaturated/α-hetero) is 1. The fourth-order valence-corrected chi connectivity index (χ4v) is 5.36. The van der Waals surface area contributed by atoms with Gasteiger partial charge in [0.25, 0.3) is 11.2 Å². The van der Waals surface area contributed by atoms with Crippen LogP contribution in [0.15, 0.2) is 101 Å². The van der Waals surface area contributed by atoms with Crippen molar-refractivity contribution in [2.45, 2.75) is 24.7 Å². The van der Waals surface area contributed by atoms with E-state index in [0.29, 0.717) is 41.0 Å². The zero-order valence-electron chi connectivity index (χ0n) is 19.2. The third-order valence-electron chi connectivity index (χ3n) is 6.99. The second kappa shape index (κ2) is 8.49. The molecule has 0 radical (unpaired) electrons. The van der Waals surface area contributed by atoms with Gasteiger partial charge in [0.15, 0.2) is 5.78 Å². The van der Waals surface area contributed by atoms with Crippen LogP contribution in [0.1, 0.15) is 41.4 Å². The topological polar surface area (TPSA) is 110 Å². The average Bonchev–Trinajstić information content (AvgIpc) is 3.24. The van der Waals surface area contributed by atoms with Crippen molar-refractivity contribution >= 4 is 17.3 Å². The van der Waals surface area contributed by atoms with Gasteiger partial charge in [-0.15, -0.1) is 0 Å². The highest BCUT2D eigenvalue weighted by molar-refractivity contribution is 6.01. The number of H-pyrrole nitrogens is 1.